The van der Waals surface area contributed by atoms with Crippen molar-refractivity contribution in [3.63, 3.8) is 0 Å². The first kappa shape index (κ1) is 16.9. The van der Waals surface area contributed by atoms with Crippen LogP contribution in [0.4, 0.5) is 11.5 Å². The molecule has 0 aromatic carbocycles. The topological polar surface area (TPSA) is 111 Å². The molecule has 3 N–H and O–H groups in total. The Bertz CT molecular complexity index is 505. The molecular weight excluding hydrogens is 272 g/mol. The van der Waals surface area contributed by atoms with Crippen molar-refractivity contribution in [2.75, 3.05) is 5.73 Å². The normalized spacial score (nSPS) is 11.9. The smallest absolute Gasteiger partial charge is 0.288 e. The Balaban J connectivity index is 2.62. The van der Waals surface area contributed by atoms with E-state index in [1.807, 2.05) is 6.92 Å². The van der Waals surface area contributed by atoms with Crippen molar-refractivity contribution >= 4 is 17.4 Å². The molecule has 0 radical (unpaired) electrons. The standard InChI is InChI=1S/C14H22N4O3/c1-3-4-5-6-7-10(2)17-14(19)12-8-11(18(20)21)9-16-13(12)15/h8-10H,3-7H2,1-2H3,(H2,15,16)(H,17,19). The summed E-state index contributed by atoms with van der Waals surface area (Å²) in [5.41, 5.74) is 5.41. The zero-order valence-electron chi connectivity index (χ0n) is 12.5. The van der Waals surface area contributed by atoms with E-state index < -0.39 is 10.8 Å². The summed E-state index contributed by atoms with van der Waals surface area (Å²) < 4.78 is 0. The third kappa shape index (κ3) is 5.37. The average Bonchev–Trinajstić information content (AvgIpc) is 2.43. The fourth-order valence-electron chi connectivity index (χ4n) is 2.00. The van der Waals surface area contributed by atoms with Crippen molar-refractivity contribution in [3.05, 3.63) is 27.9 Å². The van der Waals surface area contributed by atoms with Crippen molar-refractivity contribution in [2.24, 2.45) is 0 Å². The molecule has 1 aromatic heterocycles. The number of unbranched alkanes of at least 4 members (excludes halogenated alkanes) is 3. The first-order valence-electron chi connectivity index (χ1n) is 7.16. The summed E-state index contributed by atoms with van der Waals surface area (Å²) in [4.78, 5) is 25.9. The van der Waals surface area contributed by atoms with E-state index in [-0.39, 0.29) is 23.1 Å². The highest BCUT2D eigenvalue weighted by atomic mass is 16.6. The average molecular weight is 294 g/mol. The lowest BCUT2D eigenvalue weighted by Crippen LogP contribution is -2.33. The number of hydrogen-bond donors (Lipinski definition) is 2. The Morgan fingerprint density at radius 2 is 2.19 bits per heavy atom. The maximum atomic E-state index is 12.1. The van der Waals surface area contributed by atoms with Crippen LogP contribution < -0.4 is 11.1 Å². The zero-order valence-corrected chi connectivity index (χ0v) is 12.5. The molecule has 7 nitrogen and oxygen atoms in total. The number of hydrogen-bond acceptors (Lipinski definition) is 5. The van der Waals surface area contributed by atoms with E-state index in [0.29, 0.717) is 0 Å². The Labute approximate surface area is 124 Å². The summed E-state index contributed by atoms with van der Waals surface area (Å²) in [6, 6.07) is 1.15. The molecule has 0 saturated carbocycles. The Kier molecular flexibility index (Phi) is 6.58. The molecule has 1 heterocycles. The molecule has 1 atom stereocenters. The first-order valence-corrected chi connectivity index (χ1v) is 7.16. The van der Waals surface area contributed by atoms with Gasteiger partial charge in [0.05, 0.1) is 10.5 Å². The lowest BCUT2D eigenvalue weighted by Gasteiger charge is -2.14. The molecule has 0 aliphatic rings. The minimum atomic E-state index is -0.600. The summed E-state index contributed by atoms with van der Waals surface area (Å²) >= 11 is 0. The molecule has 0 bridgehead atoms. The van der Waals surface area contributed by atoms with Crippen LogP contribution in [0.3, 0.4) is 0 Å². The Morgan fingerprint density at radius 3 is 2.81 bits per heavy atom. The number of rotatable bonds is 8. The summed E-state index contributed by atoms with van der Waals surface area (Å²) in [7, 11) is 0. The van der Waals surface area contributed by atoms with Gasteiger partial charge >= 0.3 is 0 Å². The van der Waals surface area contributed by atoms with Gasteiger partial charge in [0.2, 0.25) is 0 Å². The molecule has 0 fully saturated rings. The zero-order chi connectivity index (χ0) is 15.8. The SMILES string of the molecule is CCCCCCC(C)NC(=O)c1cc([N+](=O)[O-])cnc1N. The van der Waals surface area contributed by atoms with Gasteiger partial charge in [0.1, 0.15) is 12.0 Å². The van der Waals surface area contributed by atoms with Gasteiger partial charge in [0.15, 0.2) is 0 Å². The summed E-state index contributed by atoms with van der Waals surface area (Å²) in [6.07, 6.45) is 6.43. The number of aromatic nitrogens is 1. The number of nitro groups is 1. The van der Waals surface area contributed by atoms with Crippen LogP contribution in [0.1, 0.15) is 56.3 Å². The summed E-state index contributed by atoms with van der Waals surface area (Å²) in [5.74, 6) is -0.428. The van der Waals surface area contributed by atoms with E-state index >= 15 is 0 Å². The second kappa shape index (κ2) is 8.18. The second-order valence-electron chi connectivity index (χ2n) is 5.11. The van der Waals surface area contributed by atoms with Crippen LogP contribution in [0.25, 0.3) is 0 Å². The molecule has 0 spiro atoms. The molecule has 1 amide bonds. The minimum absolute atomic E-state index is 0.00344. The van der Waals surface area contributed by atoms with Gasteiger partial charge in [-0.1, -0.05) is 32.6 Å². The van der Waals surface area contributed by atoms with Crippen LogP contribution in [-0.4, -0.2) is 21.9 Å². The molecule has 1 unspecified atom stereocenters. The van der Waals surface area contributed by atoms with E-state index in [1.54, 1.807) is 0 Å². The molecule has 0 aliphatic heterocycles. The largest absolute Gasteiger partial charge is 0.383 e. The Hall–Kier alpha value is -2.18. The monoisotopic (exact) mass is 294 g/mol. The highest BCUT2D eigenvalue weighted by Crippen LogP contribution is 2.17. The van der Waals surface area contributed by atoms with Crippen molar-refractivity contribution < 1.29 is 9.72 Å². The molecule has 116 valence electrons. The lowest BCUT2D eigenvalue weighted by atomic mass is 10.1. The molecule has 21 heavy (non-hydrogen) atoms. The third-order valence-electron chi connectivity index (χ3n) is 3.23. The maximum Gasteiger partial charge on any atom is 0.288 e. The van der Waals surface area contributed by atoms with Crippen LogP contribution in [0.2, 0.25) is 0 Å². The van der Waals surface area contributed by atoms with Crippen molar-refractivity contribution in [2.45, 2.75) is 52.0 Å². The van der Waals surface area contributed by atoms with Gasteiger partial charge < -0.3 is 11.1 Å². The number of nitrogen functional groups attached to an aromatic ring is 1. The summed E-state index contributed by atoms with van der Waals surface area (Å²) in [6.45, 7) is 4.05. The number of nitrogens with one attached hydrogen (secondary N) is 1. The number of amides is 1. The number of anilines is 1. The van der Waals surface area contributed by atoms with Crippen molar-refractivity contribution in [1.82, 2.24) is 10.3 Å². The minimum Gasteiger partial charge on any atom is -0.383 e. The van der Waals surface area contributed by atoms with E-state index in [0.717, 1.165) is 37.9 Å². The third-order valence-corrected chi connectivity index (χ3v) is 3.23. The Morgan fingerprint density at radius 1 is 1.48 bits per heavy atom. The van der Waals surface area contributed by atoms with E-state index in [4.69, 9.17) is 5.73 Å². The fourth-order valence-corrected chi connectivity index (χ4v) is 2.00. The van der Waals surface area contributed by atoms with Crippen LogP contribution in [0.5, 0.6) is 0 Å². The first-order chi connectivity index (χ1) is 9.95. The number of pyridine rings is 1. The van der Waals surface area contributed by atoms with Gasteiger partial charge in [-0.3, -0.25) is 14.9 Å². The van der Waals surface area contributed by atoms with E-state index in [2.05, 4.69) is 17.2 Å². The highest BCUT2D eigenvalue weighted by molar-refractivity contribution is 5.99. The fraction of sp³-hybridized carbons (Fsp3) is 0.571. The molecule has 7 heteroatoms. The molecule has 1 aromatic rings. The summed E-state index contributed by atoms with van der Waals surface area (Å²) in [5, 5.41) is 13.5. The van der Waals surface area contributed by atoms with Gasteiger partial charge in [-0.2, -0.15) is 0 Å². The number of carbonyl (C=O) groups is 1. The van der Waals surface area contributed by atoms with E-state index in [1.165, 1.54) is 6.42 Å². The highest BCUT2D eigenvalue weighted by Gasteiger charge is 2.17. The maximum absolute atomic E-state index is 12.1. The van der Waals surface area contributed by atoms with Crippen LogP contribution in [0, 0.1) is 10.1 Å². The molecule has 0 saturated heterocycles. The number of carbonyl (C=O) groups excluding carboxylic acids is 1. The van der Waals surface area contributed by atoms with Crippen LogP contribution in [0.15, 0.2) is 12.3 Å². The van der Waals surface area contributed by atoms with Crippen LogP contribution >= 0.6 is 0 Å². The van der Waals surface area contributed by atoms with Gasteiger partial charge in [0, 0.05) is 12.1 Å². The van der Waals surface area contributed by atoms with Gasteiger partial charge in [-0.15, -0.1) is 0 Å². The predicted octanol–water partition coefficient (Wildman–Crippen LogP) is 2.66. The lowest BCUT2D eigenvalue weighted by molar-refractivity contribution is -0.385. The van der Waals surface area contributed by atoms with Gasteiger partial charge in [-0.05, 0) is 13.3 Å². The quantitative estimate of drug-likeness (QED) is 0.435. The van der Waals surface area contributed by atoms with E-state index in [9.17, 15) is 14.9 Å². The van der Waals surface area contributed by atoms with Gasteiger partial charge in [0.25, 0.3) is 11.6 Å². The predicted molar refractivity (Wildman–Crippen MR) is 81.0 cm³/mol. The number of nitrogens with zero attached hydrogens (tertiary/aromatic N) is 2. The second-order valence-corrected chi connectivity index (χ2v) is 5.11. The molecule has 0 aliphatic carbocycles. The van der Waals surface area contributed by atoms with Gasteiger partial charge in [-0.25, -0.2) is 4.98 Å². The van der Waals surface area contributed by atoms with Crippen molar-refractivity contribution in [3.8, 4) is 0 Å². The van der Waals surface area contributed by atoms with Crippen molar-refractivity contribution in [1.29, 1.82) is 0 Å². The van der Waals surface area contributed by atoms with Crippen LogP contribution in [-0.2, 0) is 0 Å². The molecule has 1 rings (SSSR count). The number of nitrogens with two attached hydrogens (primary N) is 1. The molecular formula is C14H22N4O3.